The average Bonchev–Trinajstić information content (AvgIpc) is 4.16. The van der Waals surface area contributed by atoms with Gasteiger partial charge in [0.1, 0.15) is 11.6 Å². The first-order valence-corrected chi connectivity index (χ1v) is 23.0. The van der Waals surface area contributed by atoms with Crippen LogP contribution in [-0.4, -0.2) is 34.1 Å². The van der Waals surface area contributed by atoms with Crippen molar-refractivity contribution in [1.29, 1.82) is 0 Å². The van der Waals surface area contributed by atoms with Gasteiger partial charge in [0, 0.05) is 54.6 Å². The Morgan fingerprint density at radius 3 is 1.42 bits per heavy atom. The third-order valence-electron chi connectivity index (χ3n) is 12.5. The fraction of sp³-hybridized carbons (Fsp3) is 0. The van der Waals surface area contributed by atoms with E-state index >= 15 is 0 Å². The summed E-state index contributed by atoms with van der Waals surface area (Å²) in [6.45, 7) is 0. The van der Waals surface area contributed by atoms with Crippen LogP contribution in [0.1, 0.15) is 0 Å². The Kier molecular flexibility index (Phi) is 12.5. The second kappa shape index (κ2) is 20.0. The standard InChI is InChI=1S/C63H40N7.Ir/c1-2-10-44(11-3-1)45-16-18-46(19-17-45)52-32-35-66-61(43-52)50-22-20-47(21-23-50)57-12-4-5-13-58(57)53-40-54(63-68-36-38-69(63)55-30-28-49(29-31-55)60-15-7-9-34-65-60)42-56(41-53)70-39-37-67-62(70)51-26-24-48(25-27-51)59-14-6-8-33-64-59;/h1-22,24,26-28,30-43H;/q-3;+3. The Labute approximate surface area is 425 Å². The summed E-state index contributed by atoms with van der Waals surface area (Å²) in [4.78, 5) is 23.7. The predicted molar refractivity (Wildman–Crippen MR) is 280 cm³/mol. The number of aromatic nitrogens is 7. The first kappa shape index (κ1) is 44.6. The van der Waals surface area contributed by atoms with Crippen LogP contribution in [0.25, 0.3) is 112 Å². The van der Waals surface area contributed by atoms with E-state index in [1.54, 1.807) is 12.4 Å². The van der Waals surface area contributed by atoms with Crippen LogP contribution in [0.5, 0.6) is 0 Å². The smallest absolute Gasteiger partial charge is 0.341 e. The van der Waals surface area contributed by atoms with Gasteiger partial charge in [0.25, 0.3) is 0 Å². The van der Waals surface area contributed by atoms with E-state index in [4.69, 9.17) is 15.0 Å². The van der Waals surface area contributed by atoms with Crippen LogP contribution in [0.4, 0.5) is 0 Å². The van der Waals surface area contributed by atoms with Crippen LogP contribution in [0, 0.1) is 18.2 Å². The van der Waals surface area contributed by atoms with E-state index in [0.29, 0.717) is 0 Å². The van der Waals surface area contributed by atoms with Gasteiger partial charge in [0.15, 0.2) is 0 Å². The average molecular weight is 1090 g/mol. The minimum Gasteiger partial charge on any atom is -0.341 e. The number of pyridine rings is 3. The normalized spacial score (nSPS) is 11.0. The van der Waals surface area contributed by atoms with Gasteiger partial charge in [0.2, 0.25) is 0 Å². The molecule has 336 valence electrons. The molecular weight excluding hydrogens is 1050 g/mol. The molecule has 0 aliphatic rings. The molecule has 0 amide bonds. The van der Waals surface area contributed by atoms with Gasteiger partial charge in [-0.1, -0.05) is 126 Å². The molecule has 0 N–H and O–H groups in total. The summed E-state index contributed by atoms with van der Waals surface area (Å²) in [5, 5.41) is 0. The third kappa shape index (κ3) is 9.21. The molecule has 0 spiro atoms. The van der Waals surface area contributed by atoms with Crippen LogP contribution >= 0.6 is 0 Å². The first-order valence-electron chi connectivity index (χ1n) is 23.0. The van der Waals surface area contributed by atoms with Crippen LogP contribution < -0.4 is 0 Å². The molecule has 12 aromatic rings. The Morgan fingerprint density at radius 2 is 0.803 bits per heavy atom. The summed E-state index contributed by atoms with van der Waals surface area (Å²) >= 11 is 0. The van der Waals surface area contributed by atoms with Crippen molar-refractivity contribution in [3.8, 4) is 112 Å². The van der Waals surface area contributed by atoms with Crippen molar-refractivity contribution < 1.29 is 20.1 Å². The Morgan fingerprint density at radius 1 is 0.296 bits per heavy atom. The van der Waals surface area contributed by atoms with Crippen molar-refractivity contribution in [3.05, 3.63) is 262 Å². The number of benzene rings is 7. The number of hydrogen-bond acceptors (Lipinski definition) is 5. The van der Waals surface area contributed by atoms with Crippen molar-refractivity contribution in [1.82, 2.24) is 34.1 Å². The molecule has 0 atom stereocenters. The number of hydrogen-bond donors (Lipinski definition) is 0. The fourth-order valence-corrected chi connectivity index (χ4v) is 8.96. The second-order valence-electron chi connectivity index (χ2n) is 16.8. The van der Waals surface area contributed by atoms with Crippen LogP contribution in [0.2, 0.25) is 0 Å². The quantitative estimate of drug-likeness (QED) is 0.121. The van der Waals surface area contributed by atoms with E-state index in [1.165, 1.54) is 11.1 Å². The van der Waals surface area contributed by atoms with E-state index in [9.17, 15) is 0 Å². The van der Waals surface area contributed by atoms with Crippen molar-refractivity contribution in [3.63, 3.8) is 0 Å². The minimum atomic E-state index is 0. The maximum Gasteiger partial charge on any atom is 3.00 e. The topological polar surface area (TPSA) is 74.3 Å². The number of rotatable bonds is 11. The SMILES string of the molecule is [Ir+3].[c-]1cc(-c2nccn2-c2cc(-c3ccccc3-c3c[c-]c(-c4cc(-c5ccc(-c6ccccc6)cc5)ccn4)cc3)cc(-c3nccn3-c3c[c-]c(-c4ccccn4)cc3)c2)ccc1-c1ccccn1. The fourth-order valence-electron chi connectivity index (χ4n) is 8.96. The van der Waals surface area contributed by atoms with E-state index in [0.717, 1.165) is 101 Å². The van der Waals surface area contributed by atoms with Gasteiger partial charge >= 0.3 is 20.1 Å². The monoisotopic (exact) mass is 1090 g/mol. The van der Waals surface area contributed by atoms with Crippen molar-refractivity contribution in [2.24, 2.45) is 0 Å². The summed E-state index contributed by atoms with van der Waals surface area (Å²) in [5.41, 5.74) is 17.9. The van der Waals surface area contributed by atoms with Crippen LogP contribution in [0.15, 0.2) is 244 Å². The van der Waals surface area contributed by atoms with Gasteiger partial charge in [-0.15, -0.1) is 89.5 Å². The zero-order chi connectivity index (χ0) is 46.6. The Hall–Kier alpha value is -8.94. The maximum atomic E-state index is 4.97. The van der Waals surface area contributed by atoms with E-state index in [-0.39, 0.29) is 20.1 Å². The third-order valence-corrected chi connectivity index (χ3v) is 12.5. The Balaban J connectivity index is 0.00000547. The number of imidazole rings is 2. The largest absolute Gasteiger partial charge is 3.00 e. The Bertz CT molecular complexity index is 3580. The van der Waals surface area contributed by atoms with E-state index < -0.39 is 0 Å². The van der Waals surface area contributed by atoms with Gasteiger partial charge in [-0.3, -0.25) is 0 Å². The van der Waals surface area contributed by atoms with Crippen LogP contribution in [-0.2, 0) is 20.1 Å². The molecule has 7 nitrogen and oxygen atoms in total. The summed E-state index contributed by atoms with van der Waals surface area (Å²) in [7, 11) is 0. The van der Waals surface area contributed by atoms with Gasteiger partial charge in [-0.05, 0) is 92.5 Å². The molecule has 0 fully saturated rings. The van der Waals surface area contributed by atoms with Crippen molar-refractivity contribution in [2.45, 2.75) is 0 Å². The van der Waals surface area contributed by atoms with Crippen molar-refractivity contribution in [2.75, 3.05) is 0 Å². The van der Waals surface area contributed by atoms with Crippen LogP contribution in [0.3, 0.4) is 0 Å². The van der Waals surface area contributed by atoms with E-state index in [1.807, 2.05) is 97.7 Å². The summed E-state index contributed by atoms with van der Waals surface area (Å²) in [6, 6.07) is 79.3. The molecule has 5 heterocycles. The molecule has 0 aliphatic carbocycles. The van der Waals surface area contributed by atoms with Gasteiger partial charge < -0.3 is 24.1 Å². The zero-order valence-corrected chi connectivity index (χ0v) is 40.5. The van der Waals surface area contributed by atoms with E-state index in [2.05, 4.69) is 171 Å². The molecule has 0 unspecified atom stereocenters. The molecule has 0 aliphatic heterocycles. The van der Waals surface area contributed by atoms with Gasteiger partial charge in [-0.25, -0.2) is 9.97 Å². The zero-order valence-electron chi connectivity index (χ0n) is 38.1. The molecule has 8 heteroatoms. The predicted octanol–water partition coefficient (Wildman–Crippen LogP) is 14.6. The molecule has 0 saturated carbocycles. The molecular formula is C63H40IrN7. The molecule has 71 heavy (non-hydrogen) atoms. The molecule has 5 aromatic heterocycles. The molecule has 12 rings (SSSR count). The van der Waals surface area contributed by atoms with Crippen molar-refractivity contribution >= 4 is 0 Å². The minimum absolute atomic E-state index is 0. The number of nitrogens with zero attached hydrogens (tertiary/aromatic N) is 7. The maximum absolute atomic E-state index is 4.97. The second-order valence-corrected chi connectivity index (χ2v) is 16.8. The molecule has 0 bridgehead atoms. The van der Waals surface area contributed by atoms with Gasteiger partial charge in [0.05, 0.1) is 0 Å². The summed E-state index contributed by atoms with van der Waals surface area (Å²) < 4.78 is 4.23. The van der Waals surface area contributed by atoms with Gasteiger partial charge in [-0.2, -0.15) is 0 Å². The molecule has 0 saturated heterocycles. The molecule has 7 aromatic carbocycles. The summed E-state index contributed by atoms with van der Waals surface area (Å²) in [6.07, 6.45) is 13.1. The molecule has 0 radical (unpaired) electrons. The first-order chi connectivity index (χ1) is 34.7. The summed E-state index contributed by atoms with van der Waals surface area (Å²) in [5.74, 6) is 1.57.